The van der Waals surface area contributed by atoms with Crippen molar-refractivity contribution in [2.24, 2.45) is 0 Å². The lowest BCUT2D eigenvalue weighted by molar-refractivity contribution is 0.214. The molecule has 1 saturated heterocycles. The van der Waals surface area contributed by atoms with Gasteiger partial charge in [-0.25, -0.2) is 0 Å². The lowest BCUT2D eigenvalue weighted by atomic mass is 10.2. The van der Waals surface area contributed by atoms with Gasteiger partial charge in [-0.15, -0.1) is 11.3 Å². The lowest BCUT2D eigenvalue weighted by Crippen LogP contribution is -2.22. The summed E-state index contributed by atoms with van der Waals surface area (Å²) in [4.78, 5) is 8.37. The SMILES string of the molecule is CCCc1noc(CN2CCC[C@H]2c2cccs2)n1. The number of hydrogen-bond donors (Lipinski definition) is 0. The van der Waals surface area contributed by atoms with Crippen molar-refractivity contribution in [3.63, 3.8) is 0 Å². The van der Waals surface area contributed by atoms with E-state index in [1.54, 1.807) is 0 Å². The largest absolute Gasteiger partial charge is 0.338 e. The van der Waals surface area contributed by atoms with E-state index in [4.69, 9.17) is 4.52 Å². The maximum atomic E-state index is 5.35. The minimum absolute atomic E-state index is 0.529. The summed E-state index contributed by atoms with van der Waals surface area (Å²) in [5.41, 5.74) is 0. The lowest BCUT2D eigenvalue weighted by Gasteiger charge is -2.21. The summed E-state index contributed by atoms with van der Waals surface area (Å²) >= 11 is 1.84. The molecule has 0 aromatic carbocycles. The summed E-state index contributed by atoms with van der Waals surface area (Å²) in [6.07, 6.45) is 4.44. The molecule has 0 aliphatic carbocycles. The van der Waals surface area contributed by atoms with E-state index in [1.165, 1.54) is 17.7 Å². The van der Waals surface area contributed by atoms with Gasteiger partial charge in [0.2, 0.25) is 5.89 Å². The molecule has 1 aliphatic rings. The fraction of sp³-hybridized carbons (Fsp3) is 0.571. The zero-order valence-corrected chi connectivity index (χ0v) is 12.0. The van der Waals surface area contributed by atoms with Crippen molar-refractivity contribution in [3.8, 4) is 0 Å². The number of nitrogens with zero attached hydrogens (tertiary/aromatic N) is 3. The Bertz CT molecular complexity index is 509. The van der Waals surface area contributed by atoms with Crippen molar-refractivity contribution >= 4 is 11.3 Å². The Morgan fingerprint density at radius 2 is 2.47 bits per heavy atom. The number of aromatic nitrogens is 2. The summed E-state index contributed by atoms with van der Waals surface area (Å²) in [5, 5.41) is 6.18. The molecule has 4 nitrogen and oxygen atoms in total. The highest BCUT2D eigenvalue weighted by Gasteiger charge is 2.28. The van der Waals surface area contributed by atoms with Crippen LogP contribution < -0.4 is 0 Å². The van der Waals surface area contributed by atoms with Gasteiger partial charge < -0.3 is 4.52 Å². The Morgan fingerprint density at radius 1 is 1.53 bits per heavy atom. The first-order valence-corrected chi connectivity index (χ1v) is 7.83. The first-order chi connectivity index (χ1) is 9.36. The fourth-order valence-electron chi connectivity index (χ4n) is 2.67. The molecule has 3 heterocycles. The Labute approximate surface area is 117 Å². The molecule has 1 aliphatic heterocycles. The molecule has 5 heteroatoms. The van der Waals surface area contributed by atoms with Gasteiger partial charge in [-0.05, 0) is 37.3 Å². The average Bonchev–Trinajstić information content (AvgIpc) is 3.11. The molecule has 1 fully saturated rings. The quantitative estimate of drug-likeness (QED) is 0.840. The summed E-state index contributed by atoms with van der Waals surface area (Å²) in [6.45, 7) is 4.02. The Balaban J connectivity index is 1.67. The van der Waals surface area contributed by atoms with Crippen molar-refractivity contribution in [3.05, 3.63) is 34.1 Å². The second kappa shape index (κ2) is 5.84. The number of thiophene rings is 1. The zero-order valence-electron chi connectivity index (χ0n) is 11.2. The van der Waals surface area contributed by atoms with Crippen molar-refractivity contribution in [2.75, 3.05) is 6.54 Å². The number of aryl methyl sites for hydroxylation is 1. The standard InChI is InChI=1S/C14H19N3OS/c1-2-5-13-15-14(18-16-13)10-17-8-3-6-11(17)12-7-4-9-19-12/h4,7,9,11H,2-3,5-6,8,10H2,1H3/t11-/m0/s1. The third-order valence-electron chi connectivity index (χ3n) is 3.56. The Hall–Kier alpha value is -1.20. The van der Waals surface area contributed by atoms with Gasteiger partial charge in [0, 0.05) is 17.3 Å². The predicted octanol–water partition coefficient (Wildman–Crippen LogP) is 3.42. The monoisotopic (exact) mass is 277 g/mol. The molecular weight excluding hydrogens is 258 g/mol. The molecule has 0 spiro atoms. The molecule has 19 heavy (non-hydrogen) atoms. The van der Waals surface area contributed by atoms with Crippen LogP contribution >= 0.6 is 11.3 Å². The molecule has 102 valence electrons. The van der Waals surface area contributed by atoms with Gasteiger partial charge in [0.25, 0.3) is 0 Å². The summed E-state index contributed by atoms with van der Waals surface area (Å²) < 4.78 is 5.35. The molecule has 2 aromatic rings. The van der Waals surface area contributed by atoms with Gasteiger partial charge in [0.05, 0.1) is 6.54 Å². The fourth-order valence-corrected chi connectivity index (χ4v) is 3.57. The van der Waals surface area contributed by atoms with E-state index in [9.17, 15) is 0 Å². The molecule has 0 bridgehead atoms. The van der Waals surface area contributed by atoms with E-state index in [2.05, 4.69) is 39.5 Å². The van der Waals surface area contributed by atoms with Crippen molar-refractivity contribution < 1.29 is 4.52 Å². The van der Waals surface area contributed by atoms with Crippen LogP contribution in [0.1, 0.15) is 48.8 Å². The minimum atomic E-state index is 0.529. The van der Waals surface area contributed by atoms with Crippen LogP contribution in [0, 0.1) is 0 Å². The molecule has 0 saturated carbocycles. The maximum absolute atomic E-state index is 5.35. The van der Waals surface area contributed by atoms with E-state index < -0.39 is 0 Å². The molecule has 3 rings (SSSR count). The number of hydrogen-bond acceptors (Lipinski definition) is 5. The zero-order chi connectivity index (χ0) is 13.1. The van der Waals surface area contributed by atoms with Crippen LogP contribution in [0.3, 0.4) is 0 Å². The normalized spacial score (nSPS) is 20.2. The number of rotatable bonds is 5. The second-order valence-electron chi connectivity index (χ2n) is 5.00. The van der Waals surface area contributed by atoms with Gasteiger partial charge >= 0.3 is 0 Å². The highest BCUT2D eigenvalue weighted by atomic mass is 32.1. The molecular formula is C14H19N3OS. The van der Waals surface area contributed by atoms with Crippen LogP contribution in [-0.4, -0.2) is 21.6 Å². The van der Waals surface area contributed by atoms with E-state index in [0.29, 0.717) is 6.04 Å². The van der Waals surface area contributed by atoms with Gasteiger partial charge in [-0.1, -0.05) is 18.1 Å². The van der Waals surface area contributed by atoms with E-state index in [0.717, 1.165) is 37.6 Å². The first kappa shape index (κ1) is 12.8. The van der Waals surface area contributed by atoms with Crippen molar-refractivity contribution in [2.45, 2.75) is 45.2 Å². The average molecular weight is 277 g/mol. The molecule has 2 aromatic heterocycles. The first-order valence-electron chi connectivity index (χ1n) is 6.95. The second-order valence-corrected chi connectivity index (χ2v) is 5.98. The summed E-state index contributed by atoms with van der Waals surface area (Å²) in [5.74, 6) is 1.59. The maximum Gasteiger partial charge on any atom is 0.240 e. The molecule has 0 amide bonds. The molecule has 0 unspecified atom stereocenters. The van der Waals surface area contributed by atoms with Crippen LogP contribution in [0.15, 0.2) is 22.0 Å². The van der Waals surface area contributed by atoms with Crippen LogP contribution in [0.4, 0.5) is 0 Å². The molecule has 0 N–H and O–H groups in total. The van der Waals surface area contributed by atoms with Crippen LogP contribution in [0.2, 0.25) is 0 Å². The smallest absolute Gasteiger partial charge is 0.240 e. The minimum Gasteiger partial charge on any atom is -0.338 e. The van der Waals surface area contributed by atoms with E-state index in [-0.39, 0.29) is 0 Å². The molecule has 0 radical (unpaired) electrons. The number of likely N-dealkylation sites (tertiary alicyclic amines) is 1. The topological polar surface area (TPSA) is 42.2 Å². The van der Waals surface area contributed by atoms with Gasteiger partial charge in [-0.2, -0.15) is 4.98 Å². The third-order valence-corrected chi connectivity index (χ3v) is 4.53. The Kier molecular flexibility index (Phi) is 3.94. The van der Waals surface area contributed by atoms with Crippen molar-refractivity contribution in [1.82, 2.24) is 15.0 Å². The van der Waals surface area contributed by atoms with E-state index >= 15 is 0 Å². The third kappa shape index (κ3) is 2.87. The Morgan fingerprint density at radius 3 is 3.26 bits per heavy atom. The summed E-state index contributed by atoms with van der Waals surface area (Å²) in [6, 6.07) is 4.88. The highest BCUT2D eigenvalue weighted by molar-refractivity contribution is 7.10. The van der Waals surface area contributed by atoms with Gasteiger partial charge in [-0.3, -0.25) is 4.90 Å². The molecule has 1 atom stereocenters. The van der Waals surface area contributed by atoms with Crippen LogP contribution in [-0.2, 0) is 13.0 Å². The van der Waals surface area contributed by atoms with Crippen molar-refractivity contribution in [1.29, 1.82) is 0 Å². The van der Waals surface area contributed by atoms with E-state index in [1.807, 2.05) is 11.3 Å². The predicted molar refractivity (Wildman–Crippen MR) is 75.0 cm³/mol. The van der Waals surface area contributed by atoms with Gasteiger partial charge in [0.1, 0.15) is 0 Å². The summed E-state index contributed by atoms with van der Waals surface area (Å²) in [7, 11) is 0. The van der Waals surface area contributed by atoms with Crippen LogP contribution in [0.5, 0.6) is 0 Å². The van der Waals surface area contributed by atoms with Gasteiger partial charge in [0.15, 0.2) is 5.82 Å². The highest BCUT2D eigenvalue weighted by Crippen LogP contribution is 2.35. The van der Waals surface area contributed by atoms with Crippen LogP contribution in [0.25, 0.3) is 0 Å².